The lowest BCUT2D eigenvalue weighted by atomic mass is 9.91. The summed E-state index contributed by atoms with van der Waals surface area (Å²) in [4.78, 5) is 23.8. The summed E-state index contributed by atoms with van der Waals surface area (Å²) in [6.07, 6.45) is 4.27. The quantitative estimate of drug-likeness (QED) is 0.229. The van der Waals surface area contributed by atoms with Gasteiger partial charge in [0.15, 0.2) is 0 Å². The molecule has 2 aromatic heterocycles. The van der Waals surface area contributed by atoms with E-state index in [1.807, 2.05) is 36.4 Å². The highest BCUT2D eigenvalue weighted by Gasteiger charge is 2.24. The summed E-state index contributed by atoms with van der Waals surface area (Å²) in [5, 5.41) is 9.27. The number of hydrogen-bond acceptors (Lipinski definition) is 4. The summed E-state index contributed by atoms with van der Waals surface area (Å²) in [6, 6.07) is 29.5. The van der Waals surface area contributed by atoms with Crippen LogP contribution >= 0.6 is 0 Å². The number of nitrogens with zero attached hydrogens (tertiary/aromatic N) is 2. The van der Waals surface area contributed by atoms with E-state index >= 15 is 0 Å². The molecule has 6 nitrogen and oxygen atoms in total. The van der Waals surface area contributed by atoms with Gasteiger partial charge in [-0.1, -0.05) is 66.7 Å². The Bertz CT molecular complexity index is 1600. The molecule has 0 bridgehead atoms. The molecule has 0 unspecified atom stereocenters. The van der Waals surface area contributed by atoms with Crippen LogP contribution in [0.5, 0.6) is 0 Å². The SMILES string of the molecule is CN(C)c1cc(NC2CCC(NC(=O)Cc3c(-c4ccccc4)[nH]c4ccccc34)CC2)nc2ccccc12. The predicted molar refractivity (Wildman–Crippen MR) is 161 cm³/mol. The van der Waals surface area contributed by atoms with Gasteiger partial charge in [-0.25, -0.2) is 4.98 Å². The first-order chi connectivity index (χ1) is 19.0. The van der Waals surface area contributed by atoms with E-state index in [0.29, 0.717) is 12.5 Å². The molecule has 6 rings (SSSR count). The van der Waals surface area contributed by atoms with Gasteiger partial charge in [0.1, 0.15) is 5.82 Å². The Morgan fingerprint density at radius 1 is 0.872 bits per heavy atom. The first-order valence-electron chi connectivity index (χ1n) is 13.8. The Kier molecular flexibility index (Phi) is 6.93. The fraction of sp³-hybridized carbons (Fsp3) is 0.273. The van der Waals surface area contributed by atoms with E-state index in [4.69, 9.17) is 4.98 Å². The van der Waals surface area contributed by atoms with Crippen LogP contribution in [-0.4, -0.2) is 42.1 Å². The zero-order valence-corrected chi connectivity index (χ0v) is 22.6. The van der Waals surface area contributed by atoms with Crippen LogP contribution in [0.25, 0.3) is 33.1 Å². The first-order valence-corrected chi connectivity index (χ1v) is 13.8. The van der Waals surface area contributed by atoms with Gasteiger partial charge in [-0.2, -0.15) is 0 Å². The van der Waals surface area contributed by atoms with Crippen molar-refractivity contribution in [2.45, 2.75) is 44.2 Å². The van der Waals surface area contributed by atoms with Crippen LogP contribution in [0.2, 0.25) is 0 Å². The molecule has 0 spiro atoms. The van der Waals surface area contributed by atoms with E-state index in [1.54, 1.807) is 0 Å². The van der Waals surface area contributed by atoms with Crippen molar-refractivity contribution in [1.29, 1.82) is 0 Å². The maximum Gasteiger partial charge on any atom is 0.224 e. The maximum absolute atomic E-state index is 13.2. The Balaban J connectivity index is 1.10. The van der Waals surface area contributed by atoms with Gasteiger partial charge in [0.25, 0.3) is 0 Å². The summed E-state index contributed by atoms with van der Waals surface area (Å²) >= 11 is 0. The second kappa shape index (κ2) is 10.8. The van der Waals surface area contributed by atoms with E-state index in [2.05, 4.69) is 83.1 Å². The monoisotopic (exact) mass is 517 g/mol. The molecule has 0 atom stereocenters. The van der Waals surface area contributed by atoms with Crippen molar-refractivity contribution < 1.29 is 4.79 Å². The van der Waals surface area contributed by atoms with Crippen LogP contribution in [0.1, 0.15) is 31.2 Å². The third-order valence-electron chi connectivity index (χ3n) is 7.83. The lowest BCUT2D eigenvalue weighted by Gasteiger charge is -2.30. The molecule has 198 valence electrons. The molecule has 0 aliphatic heterocycles. The van der Waals surface area contributed by atoms with Gasteiger partial charge < -0.3 is 20.5 Å². The number of benzene rings is 3. The van der Waals surface area contributed by atoms with E-state index in [-0.39, 0.29) is 11.9 Å². The predicted octanol–water partition coefficient (Wildman–Crippen LogP) is 6.53. The minimum Gasteiger partial charge on any atom is -0.377 e. The van der Waals surface area contributed by atoms with Gasteiger partial charge in [-0.15, -0.1) is 0 Å². The molecule has 1 aliphatic rings. The number of rotatable bonds is 7. The number of carbonyl (C=O) groups excluding carboxylic acids is 1. The molecule has 2 heterocycles. The zero-order chi connectivity index (χ0) is 26.8. The summed E-state index contributed by atoms with van der Waals surface area (Å²) in [5.74, 6) is 0.998. The average Bonchev–Trinajstić information content (AvgIpc) is 3.32. The number of amides is 1. The molecule has 1 fully saturated rings. The van der Waals surface area contributed by atoms with Crippen LogP contribution in [0.15, 0.2) is 84.9 Å². The Hall–Kier alpha value is -4.32. The minimum absolute atomic E-state index is 0.0835. The molecule has 0 saturated heterocycles. The number of fused-ring (bicyclic) bond motifs is 2. The van der Waals surface area contributed by atoms with Gasteiger partial charge in [0.2, 0.25) is 5.91 Å². The van der Waals surface area contributed by atoms with Crippen LogP contribution in [0.3, 0.4) is 0 Å². The molecule has 1 amide bonds. The second-order valence-corrected chi connectivity index (χ2v) is 10.8. The molecular weight excluding hydrogens is 482 g/mol. The van der Waals surface area contributed by atoms with Gasteiger partial charge in [-0.3, -0.25) is 4.79 Å². The molecule has 1 saturated carbocycles. The normalized spacial score (nSPS) is 17.3. The Morgan fingerprint density at radius 3 is 2.31 bits per heavy atom. The van der Waals surface area contributed by atoms with Crippen molar-refractivity contribution >= 4 is 39.2 Å². The van der Waals surface area contributed by atoms with Crippen molar-refractivity contribution in [1.82, 2.24) is 15.3 Å². The average molecular weight is 518 g/mol. The number of para-hydroxylation sites is 2. The molecule has 1 aliphatic carbocycles. The molecule has 3 N–H and O–H groups in total. The molecular formula is C33H35N5O. The van der Waals surface area contributed by atoms with E-state index in [9.17, 15) is 4.79 Å². The number of nitrogens with one attached hydrogen (secondary N) is 3. The Labute approximate surface area is 229 Å². The number of pyridine rings is 1. The molecule has 6 heteroatoms. The third kappa shape index (κ3) is 5.32. The van der Waals surface area contributed by atoms with Crippen molar-refractivity contribution in [3.8, 4) is 11.3 Å². The van der Waals surface area contributed by atoms with Crippen molar-refractivity contribution in [3.05, 3.63) is 90.5 Å². The largest absolute Gasteiger partial charge is 0.377 e. The highest BCUT2D eigenvalue weighted by atomic mass is 16.1. The molecule has 5 aromatic rings. The number of aromatic amines is 1. The summed E-state index contributed by atoms with van der Waals surface area (Å²) in [7, 11) is 4.14. The van der Waals surface area contributed by atoms with Gasteiger partial charge in [0, 0.05) is 54.2 Å². The Morgan fingerprint density at radius 2 is 1.54 bits per heavy atom. The van der Waals surface area contributed by atoms with Crippen LogP contribution in [0.4, 0.5) is 11.5 Å². The standard InChI is InChI=1S/C33H35N5O/c1-38(2)30-21-31(36-29-15-9-7-13-26(29)30)34-23-16-18-24(19-17-23)35-32(39)20-27-25-12-6-8-14-28(25)37-33(27)22-10-4-3-5-11-22/h3-15,21,23-24,37H,16-20H2,1-2H3,(H,34,36)(H,35,39). The van der Waals surface area contributed by atoms with Crippen LogP contribution in [0, 0.1) is 0 Å². The summed E-state index contributed by atoms with van der Waals surface area (Å²) in [5.41, 5.74) is 6.41. The molecule has 3 aromatic carbocycles. The second-order valence-electron chi connectivity index (χ2n) is 10.8. The maximum atomic E-state index is 13.2. The number of anilines is 2. The first kappa shape index (κ1) is 25.0. The smallest absolute Gasteiger partial charge is 0.224 e. The van der Waals surface area contributed by atoms with E-state index < -0.39 is 0 Å². The fourth-order valence-electron chi connectivity index (χ4n) is 5.87. The molecule has 39 heavy (non-hydrogen) atoms. The van der Waals surface area contributed by atoms with Crippen LogP contribution in [-0.2, 0) is 11.2 Å². The van der Waals surface area contributed by atoms with Crippen LogP contribution < -0.4 is 15.5 Å². The number of carbonyl (C=O) groups is 1. The fourth-order valence-corrected chi connectivity index (χ4v) is 5.87. The third-order valence-corrected chi connectivity index (χ3v) is 7.83. The van der Waals surface area contributed by atoms with Gasteiger partial charge in [-0.05, 0) is 48.9 Å². The highest BCUT2D eigenvalue weighted by Crippen LogP contribution is 2.32. The van der Waals surface area contributed by atoms with Crippen molar-refractivity contribution in [3.63, 3.8) is 0 Å². The number of hydrogen-bond donors (Lipinski definition) is 3. The number of aromatic nitrogens is 2. The van der Waals surface area contributed by atoms with Crippen molar-refractivity contribution in [2.75, 3.05) is 24.3 Å². The topological polar surface area (TPSA) is 73.0 Å². The summed E-state index contributed by atoms with van der Waals surface area (Å²) in [6.45, 7) is 0. The lowest BCUT2D eigenvalue weighted by Crippen LogP contribution is -2.40. The highest BCUT2D eigenvalue weighted by molar-refractivity contribution is 5.95. The van der Waals surface area contributed by atoms with Gasteiger partial charge >= 0.3 is 0 Å². The van der Waals surface area contributed by atoms with E-state index in [0.717, 1.165) is 75.8 Å². The molecule has 0 radical (unpaired) electrons. The van der Waals surface area contributed by atoms with Crippen molar-refractivity contribution in [2.24, 2.45) is 0 Å². The minimum atomic E-state index is 0.0835. The lowest BCUT2D eigenvalue weighted by molar-refractivity contribution is -0.121. The van der Waals surface area contributed by atoms with E-state index in [1.165, 1.54) is 0 Å². The van der Waals surface area contributed by atoms with Gasteiger partial charge in [0.05, 0.1) is 17.6 Å². The number of H-pyrrole nitrogens is 1. The summed E-state index contributed by atoms with van der Waals surface area (Å²) < 4.78 is 0. The zero-order valence-electron chi connectivity index (χ0n) is 22.6.